The Morgan fingerprint density at radius 3 is 2.63 bits per heavy atom. The normalized spacial score (nSPS) is 13.1. The molecule has 19 heavy (non-hydrogen) atoms. The Labute approximate surface area is 119 Å². The number of carbonyl (C=O) groups is 1. The molecule has 2 N–H and O–H groups in total. The second-order valence-electron chi connectivity index (χ2n) is 5.57. The Morgan fingerprint density at radius 2 is 2.21 bits per heavy atom. The summed E-state index contributed by atoms with van der Waals surface area (Å²) in [5.41, 5.74) is -0.0564. The van der Waals surface area contributed by atoms with E-state index >= 15 is 0 Å². The van der Waals surface area contributed by atoms with Crippen molar-refractivity contribution in [2.75, 3.05) is 19.7 Å². The number of amides is 2. The number of carbonyl (C=O) groups excluding carboxylic acids is 1. The second-order valence-corrected chi connectivity index (χ2v) is 6.55. The zero-order valence-electron chi connectivity index (χ0n) is 12.1. The van der Waals surface area contributed by atoms with Crippen LogP contribution in [0.3, 0.4) is 0 Å². The van der Waals surface area contributed by atoms with E-state index in [-0.39, 0.29) is 24.1 Å². The van der Waals surface area contributed by atoms with E-state index in [1.54, 1.807) is 16.2 Å². The lowest BCUT2D eigenvalue weighted by molar-refractivity contribution is 0.167. The zero-order valence-corrected chi connectivity index (χ0v) is 13.0. The van der Waals surface area contributed by atoms with Gasteiger partial charge in [0.05, 0.1) is 12.6 Å². The highest BCUT2D eigenvalue weighted by Crippen LogP contribution is 2.35. The van der Waals surface area contributed by atoms with Gasteiger partial charge in [0.15, 0.2) is 0 Å². The van der Waals surface area contributed by atoms with Crippen LogP contribution in [0.15, 0.2) is 17.5 Å². The maximum absolute atomic E-state index is 12.2. The van der Waals surface area contributed by atoms with Gasteiger partial charge in [-0.1, -0.05) is 26.8 Å². The molecule has 1 atom stereocenters. The first-order valence-electron chi connectivity index (χ1n) is 6.59. The Hall–Kier alpha value is -1.07. The topological polar surface area (TPSA) is 52.6 Å². The average molecular weight is 284 g/mol. The molecule has 0 fully saturated rings. The van der Waals surface area contributed by atoms with Gasteiger partial charge in [-0.15, -0.1) is 11.3 Å². The first-order chi connectivity index (χ1) is 8.90. The third-order valence-electron chi connectivity index (χ3n) is 3.00. The number of hydrogen-bond acceptors (Lipinski definition) is 3. The first-order valence-corrected chi connectivity index (χ1v) is 7.47. The Kier molecular flexibility index (Phi) is 5.82. The summed E-state index contributed by atoms with van der Waals surface area (Å²) in [6.45, 7) is 9.18. The predicted octanol–water partition coefficient (Wildman–Crippen LogP) is 2.86. The quantitative estimate of drug-likeness (QED) is 0.873. The molecule has 0 aromatic carbocycles. The Balaban J connectivity index is 2.82. The number of rotatable bonds is 5. The molecule has 108 valence electrons. The highest BCUT2D eigenvalue weighted by atomic mass is 32.1. The van der Waals surface area contributed by atoms with Gasteiger partial charge in [-0.2, -0.15) is 0 Å². The van der Waals surface area contributed by atoms with Crippen molar-refractivity contribution < 1.29 is 9.90 Å². The molecule has 0 aliphatic rings. The van der Waals surface area contributed by atoms with Crippen molar-refractivity contribution in [3.05, 3.63) is 22.4 Å². The van der Waals surface area contributed by atoms with Gasteiger partial charge in [0.25, 0.3) is 0 Å². The molecule has 1 heterocycles. The van der Waals surface area contributed by atoms with E-state index in [1.807, 2.05) is 24.4 Å². The van der Waals surface area contributed by atoms with Gasteiger partial charge in [-0.25, -0.2) is 4.79 Å². The second kappa shape index (κ2) is 6.91. The Bertz CT molecular complexity index is 385. The number of likely N-dealkylation sites (N-methyl/N-ethyl adjacent to an activating group) is 1. The van der Waals surface area contributed by atoms with Gasteiger partial charge >= 0.3 is 6.03 Å². The lowest BCUT2D eigenvalue weighted by atomic mass is 9.86. The van der Waals surface area contributed by atoms with Crippen molar-refractivity contribution in [3.8, 4) is 0 Å². The molecule has 4 nitrogen and oxygen atoms in total. The highest BCUT2D eigenvalue weighted by molar-refractivity contribution is 7.10. The van der Waals surface area contributed by atoms with Gasteiger partial charge in [0.1, 0.15) is 0 Å². The molecule has 5 heteroatoms. The van der Waals surface area contributed by atoms with Crippen LogP contribution in [0, 0.1) is 5.41 Å². The van der Waals surface area contributed by atoms with E-state index in [9.17, 15) is 4.79 Å². The lowest BCUT2D eigenvalue weighted by Gasteiger charge is -2.33. The summed E-state index contributed by atoms with van der Waals surface area (Å²) in [5.74, 6) is 0. The number of nitrogens with zero attached hydrogens (tertiary/aromatic N) is 1. The van der Waals surface area contributed by atoms with E-state index in [1.165, 1.54) is 0 Å². The van der Waals surface area contributed by atoms with Crippen LogP contribution in [0.4, 0.5) is 4.79 Å². The average Bonchev–Trinajstić information content (AvgIpc) is 2.84. The Morgan fingerprint density at radius 1 is 1.53 bits per heavy atom. The summed E-state index contributed by atoms with van der Waals surface area (Å²) in [6.07, 6.45) is 0. The summed E-state index contributed by atoms with van der Waals surface area (Å²) in [4.78, 5) is 15.0. The minimum Gasteiger partial charge on any atom is -0.395 e. The van der Waals surface area contributed by atoms with Gasteiger partial charge in [0.2, 0.25) is 0 Å². The van der Waals surface area contributed by atoms with Gasteiger partial charge in [-0.3, -0.25) is 0 Å². The van der Waals surface area contributed by atoms with Crippen LogP contribution in [0.1, 0.15) is 38.6 Å². The fourth-order valence-electron chi connectivity index (χ4n) is 1.91. The summed E-state index contributed by atoms with van der Waals surface area (Å²) in [6, 6.07) is 3.90. The SMILES string of the molecule is CCN(CCO)C(=O)NC(c1cccs1)C(C)(C)C. The van der Waals surface area contributed by atoms with Gasteiger partial charge < -0.3 is 15.3 Å². The van der Waals surface area contributed by atoms with Gasteiger partial charge in [-0.05, 0) is 23.8 Å². The van der Waals surface area contributed by atoms with Crippen LogP contribution in [0.25, 0.3) is 0 Å². The van der Waals surface area contributed by atoms with Crippen LogP contribution in [0.2, 0.25) is 0 Å². The van der Waals surface area contributed by atoms with Crippen molar-refractivity contribution in [1.29, 1.82) is 0 Å². The van der Waals surface area contributed by atoms with Crippen molar-refractivity contribution in [1.82, 2.24) is 10.2 Å². The highest BCUT2D eigenvalue weighted by Gasteiger charge is 2.29. The predicted molar refractivity (Wildman–Crippen MR) is 79.4 cm³/mol. The maximum atomic E-state index is 12.2. The van der Waals surface area contributed by atoms with Crippen LogP contribution in [-0.2, 0) is 0 Å². The monoisotopic (exact) mass is 284 g/mol. The van der Waals surface area contributed by atoms with Crippen LogP contribution < -0.4 is 5.32 Å². The van der Waals surface area contributed by atoms with E-state index < -0.39 is 0 Å². The molecule has 0 aliphatic heterocycles. The summed E-state index contributed by atoms with van der Waals surface area (Å²) < 4.78 is 0. The molecule has 0 radical (unpaired) electrons. The van der Waals surface area contributed by atoms with Crippen molar-refractivity contribution >= 4 is 17.4 Å². The van der Waals surface area contributed by atoms with E-state index in [2.05, 4.69) is 26.1 Å². The smallest absolute Gasteiger partial charge is 0.317 e. The molecule has 1 rings (SSSR count). The fraction of sp³-hybridized carbons (Fsp3) is 0.643. The molecular formula is C14H24N2O2S. The minimum atomic E-state index is -0.120. The molecule has 1 unspecified atom stereocenters. The third kappa shape index (κ3) is 4.51. The minimum absolute atomic E-state index is 0.0134. The zero-order chi connectivity index (χ0) is 14.5. The van der Waals surface area contributed by atoms with E-state index in [4.69, 9.17) is 5.11 Å². The molecule has 2 amide bonds. The fourth-order valence-corrected chi connectivity index (χ4v) is 2.93. The van der Waals surface area contributed by atoms with Crippen molar-refractivity contribution in [3.63, 3.8) is 0 Å². The largest absolute Gasteiger partial charge is 0.395 e. The molecule has 0 saturated heterocycles. The number of urea groups is 1. The first kappa shape index (κ1) is 16.0. The molecule has 0 bridgehead atoms. The molecule has 0 saturated carbocycles. The molecule has 1 aromatic heterocycles. The molecule has 0 spiro atoms. The summed E-state index contributed by atoms with van der Waals surface area (Å²) >= 11 is 1.65. The molecule has 1 aromatic rings. The standard InChI is InChI=1S/C14H24N2O2S/c1-5-16(8-9-17)13(18)15-12(14(2,3)4)11-7-6-10-19-11/h6-7,10,12,17H,5,8-9H2,1-4H3,(H,15,18). The van der Waals surface area contributed by atoms with Crippen LogP contribution in [0.5, 0.6) is 0 Å². The van der Waals surface area contributed by atoms with Crippen LogP contribution >= 0.6 is 11.3 Å². The number of aliphatic hydroxyl groups is 1. The van der Waals surface area contributed by atoms with Crippen molar-refractivity contribution in [2.45, 2.75) is 33.7 Å². The number of nitrogens with one attached hydrogen (secondary N) is 1. The van der Waals surface area contributed by atoms with Crippen molar-refractivity contribution in [2.24, 2.45) is 5.41 Å². The molecule has 0 aliphatic carbocycles. The van der Waals surface area contributed by atoms with E-state index in [0.29, 0.717) is 13.1 Å². The third-order valence-corrected chi connectivity index (χ3v) is 3.94. The summed E-state index contributed by atoms with van der Waals surface area (Å²) in [7, 11) is 0. The number of thiophene rings is 1. The molecular weight excluding hydrogens is 260 g/mol. The number of aliphatic hydroxyl groups excluding tert-OH is 1. The van der Waals surface area contributed by atoms with Crippen LogP contribution in [-0.4, -0.2) is 35.7 Å². The maximum Gasteiger partial charge on any atom is 0.317 e. The number of hydrogen-bond donors (Lipinski definition) is 2. The van der Waals surface area contributed by atoms with Gasteiger partial charge in [0, 0.05) is 18.0 Å². The van der Waals surface area contributed by atoms with E-state index in [0.717, 1.165) is 4.88 Å². The lowest BCUT2D eigenvalue weighted by Crippen LogP contribution is -2.45. The summed E-state index contributed by atoms with van der Waals surface area (Å²) in [5, 5.41) is 14.1.